The Morgan fingerprint density at radius 2 is 1.44 bits per heavy atom. The van der Waals surface area contributed by atoms with Gasteiger partial charge in [0, 0.05) is 24.7 Å². The molecule has 0 bridgehead atoms. The third-order valence-electron chi connectivity index (χ3n) is 8.03. The number of halogens is 5. The van der Waals surface area contributed by atoms with Crippen LogP contribution in [0.4, 0.5) is 22.0 Å². The monoisotopic (exact) mass is 625 g/mol. The number of alkyl halides is 5. The van der Waals surface area contributed by atoms with Crippen LogP contribution in [0.15, 0.2) is 65.6 Å². The van der Waals surface area contributed by atoms with Crippen LogP contribution in [-0.4, -0.2) is 50.5 Å². The SMILES string of the molecule is NC1CCN(C(=O)[C@H](NS(=O)(=O)c2ccc3cc(OC4CCCC4)ccc3c2)C(F)(F)c2ccc(C(F)(F)F)cc2)CC1. The highest BCUT2D eigenvalue weighted by molar-refractivity contribution is 7.89. The molecule has 5 rings (SSSR count). The number of nitrogens with zero attached hydrogens (tertiary/aromatic N) is 1. The molecule has 1 atom stereocenters. The lowest BCUT2D eigenvalue weighted by Gasteiger charge is -2.35. The topological polar surface area (TPSA) is 102 Å². The summed E-state index contributed by atoms with van der Waals surface area (Å²) >= 11 is 0. The van der Waals surface area contributed by atoms with E-state index in [-0.39, 0.29) is 30.1 Å². The van der Waals surface area contributed by atoms with Crippen LogP contribution in [0.1, 0.15) is 49.7 Å². The number of fused-ring (bicyclic) bond motifs is 1. The minimum Gasteiger partial charge on any atom is -0.490 e. The van der Waals surface area contributed by atoms with Crippen molar-refractivity contribution >= 4 is 26.7 Å². The highest BCUT2D eigenvalue weighted by Gasteiger charge is 2.50. The summed E-state index contributed by atoms with van der Waals surface area (Å²) in [5.74, 6) is -4.76. The average molecular weight is 626 g/mol. The van der Waals surface area contributed by atoms with E-state index in [4.69, 9.17) is 10.5 Å². The number of nitrogens with two attached hydrogens (primary N) is 1. The third-order valence-corrected chi connectivity index (χ3v) is 9.45. The highest BCUT2D eigenvalue weighted by atomic mass is 32.2. The molecule has 13 heteroatoms. The van der Waals surface area contributed by atoms with Gasteiger partial charge in [-0.1, -0.05) is 24.3 Å². The molecule has 1 heterocycles. The number of carbonyl (C=O) groups is 1. The Morgan fingerprint density at radius 3 is 2.07 bits per heavy atom. The van der Waals surface area contributed by atoms with Crippen LogP contribution in [0.3, 0.4) is 0 Å². The van der Waals surface area contributed by atoms with Crippen molar-refractivity contribution in [3.05, 3.63) is 71.8 Å². The van der Waals surface area contributed by atoms with Gasteiger partial charge in [-0.15, -0.1) is 0 Å². The van der Waals surface area contributed by atoms with Crippen molar-refractivity contribution in [3.63, 3.8) is 0 Å². The summed E-state index contributed by atoms with van der Waals surface area (Å²) in [6.45, 7) is 0.0606. The summed E-state index contributed by atoms with van der Waals surface area (Å²) in [6, 6.07) is 8.35. The molecule has 3 aromatic rings. The van der Waals surface area contributed by atoms with Crippen LogP contribution in [0.5, 0.6) is 5.75 Å². The van der Waals surface area contributed by atoms with Crippen LogP contribution in [0.25, 0.3) is 10.8 Å². The van der Waals surface area contributed by atoms with Crippen LogP contribution in [0, 0.1) is 0 Å². The number of amides is 1. The fourth-order valence-corrected chi connectivity index (χ4v) is 6.72. The molecule has 1 amide bonds. The summed E-state index contributed by atoms with van der Waals surface area (Å²) in [4.78, 5) is 14.2. The highest BCUT2D eigenvalue weighted by Crippen LogP contribution is 2.37. The van der Waals surface area contributed by atoms with E-state index in [0.29, 0.717) is 53.6 Å². The van der Waals surface area contributed by atoms with E-state index in [2.05, 4.69) is 0 Å². The maximum Gasteiger partial charge on any atom is 0.416 e. The first-order chi connectivity index (χ1) is 20.2. The van der Waals surface area contributed by atoms with E-state index in [1.165, 1.54) is 18.2 Å². The van der Waals surface area contributed by atoms with E-state index in [1.807, 2.05) is 4.72 Å². The number of hydrogen-bond donors (Lipinski definition) is 2. The Balaban J connectivity index is 1.44. The largest absolute Gasteiger partial charge is 0.490 e. The number of piperidine rings is 1. The van der Waals surface area contributed by atoms with E-state index >= 15 is 8.78 Å². The van der Waals surface area contributed by atoms with Gasteiger partial charge < -0.3 is 15.4 Å². The van der Waals surface area contributed by atoms with Crippen molar-refractivity contribution in [2.24, 2.45) is 5.73 Å². The normalized spacial score (nSPS) is 18.2. The lowest BCUT2D eigenvalue weighted by molar-refractivity contribution is -0.145. The van der Waals surface area contributed by atoms with Gasteiger partial charge in [0.2, 0.25) is 15.9 Å². The Morgan fingerprint density at radius 1 is 0.860 bits per heavy atom. The Hall–Kier alpha value is -3.29. The van der Waals surface area contributed by atoms with E-state index in [1.54, 1.807) is 18.2 Å². The van der Waals surface area contributed by atoms with Gasteiger partial charge in [0.25, 0.3) is 5.92 Å². The van der Waals surface area contributed by atoms with Gasteiger partial charge in [0.15, 0.2) is 6.04 Å². The van der Waals surface area contributed by atoms with Crippen LogP contribution >= 0.6 is 0 Å². The molecule has 0 radical (unpaired) electrons. The van der Waals surface area contributed by atoms with Crippen molar-refractivity contribution in [1.29, 1.82) is 0 Å². The molecule has 1 saturated carbocycles. The summed E-state index contributed by atoms with van der Waals surface area (Å²) in [5, 5.41) is 1.17. The molecule has 43 heavy (non-hydrogen) atoms. The smallest absolute Gasteiger partial charge is 0.416 e. The first-order valence-corrected chi connectivity index (χ1v) is 15.5. The second kappa shape index (κ2) is 12.0. The zero-order chi connectivity index (χ0) is 31.0. The van der Waals surface area contributed by atoms with Crippen molar-refractivity contribution in [2.45, 2.75) is 73.7 Å². The summed E-state index contributed by atoms with van der Waals surface area (Å²) in [5.41, 5.74) is 3.77. The molecule has 3 N–H and O–H groups in total. The number of likely N-dealkylation sites (tertiary alicyclic amines) is 1. The molecule has 0 unspecified atom stereocenters. The predicted octanol–water partition coefficient (Wildman–Crippen LogP) is 5.57. The maximum absolute atomic E-state index is 15.9. The summed E-state index contributed by atoms with van der Waals surface area (Å²) in [6.07, 6.45) is 0.125. The molecule has 3 aromatic carbocycles. The number of benzene rings is 3. The molecule has 0 spiro atoms. The fraction of sp³-hybridized carbons (Fsp3) is 0.433. The number of carbonyl (C=O) groups excluding carboxylic acids is 1. The fourth-order valence-electron chi connectivity index (χ4n) is 5.49. The van der Waals surface area contributed by atoms with Gasteiger partial charge in [0.1, 0.15) is 5.75 Å². The number of rotatable bonds is 8. The van der Waals surface area contributed by atoms with Gasteiger partial charge in [-0.25, -0.2) is 8.42 Å². The molecular formula is C30H32F5N3O4S. The zero-order valence-electron chi connectivity index (χ0n) is 23.1. The predicted molar refractivity (Wildman–Crippen MR) is 150 cm³/mol. The van der Waals surface area contributed by atoms with Crippen LogP contribution in [0.2, 0.25) is 0 Å². The lowest BCUT2D eigenvalue weighted by Crippen LogP contribution is -2.58. The Labute approximate surface area is 246 Å². The van der Waals surface area contributed by atoms with Crippen molar-refractivity contribution < 1.29 is 39.9 Å². The second-order valence-electron chi connectivity index (χ2n) is 11.1. The first-order valence-electron chi connectivity index (χ1n) is 14.1. The van der Waals surface area contributed by atoms with Crippen molar-refractivity contribution in [1.82, 2.24) is 9.62 Å². The van der Waals surface area contributed by atoms with Crippen molar-refractivity contribution in [3.8, 4) is 5.75 Å². The van der Waals surface area contributed by atoms with E-state index in [9.17, 15) is 26.4 Å². The van der Waals surface area contributed by atoms with Gasteiger partial charge in [-0.05, 0) is 85.7 Å². The molecule has 1 aliphatic carbocycles. The molecule has 0 aromatic heterocycles. The summed E-state index contributed by atoms with van der Waals surface area (Å²) < 4.78 is 106. The third kappa shape index (κ3) is 6.94. The lowest BCUT2D eigenvalue weighted by atomic mass is 9.97. The molecular weight excluding hydrogens is 593 g/mol. The quantitative estimate of drug-likeness (QED) is 0.319. The number of nitrogens with one attached hydrogen (secondary N) is 1. The molecule has 232 valence electrons. The van der Waals surface area contributed by atoms with Crippen LogP contribution < -0.4 is 15.2 Å². The molecule has 7 nitrogen and oxygen atoms in total. The van der Waals surface area contributed by atoms with Gasteiger partial charge in [-0.3, -0.25) is 4.79 Å². The average Bonchev–Trinajstić information content (AvgIpc) is 3.48. The molecule has 1 aliphatic heterocycles. The Kier molecular flexibility index (Phi) is 8.70. The van der Waals surface area contributed by atoms with Gasteiger partial charge >= 0.3 is 6.18 Å². The van der Waals surface area contributed by atoms with E-state index < -0.39 is 45.2 Å². The standard InChI is InChI=1S/C30H32F5N3O4S/c31-29(32,21-7-9-22(10-8-21)30(33,34)35)27(28(39)38-15-13-23(36)14-16-38)37-43(40,41)26-12-6-19-17-25(11-5-20(19)18-26)42-24-3-1-2-4-24/h5-12,17-18,23-24,27,37H,1-4,13-16,36H2/t27-/m0/s1. The number of sulfonamides is 1. The molecule has 1 saturated heterocycles. The van der Waals surface area contributed by atoms with E-state index in [0.717, 1.165) is 30.6 Å². The Bertz CT molecular complexity index is 1570. The maximum atomic E-state index is 15.9. The van der Waals surface area contributed by atoms with Gasteiger partial charge in [-0.2, -0.15) is 26.7 Å². The zero-order valence-corrected chi connectivity index (χ0v) is 23.9. The molecule has 2 fully saturated rings. The minimum absolute atomic E-state index is 0.0303. The van der Waals surface area contributed by atoms with Crippen molar-refractivity contribution in [2.75, 3.05) is 13.1 Å². The molecule has 2 aliphatic rings. The number of hydrogen-bond acceptors (Lipinski definition) is 5. The first kappa shape index (κ1) is 31.1. The minimum atomic E-state index is -4.77. The summed E-state index contributed by atoms with van der Waals surface area (Å²) in [7, 11) is -4.71. The second-order valence-corrected chi connectivity index (χ2v) is 12.8. The number of ether oxygens (including phenoxy) is 1. The van der Waals surface area contributed by atoms with Gasteiger partial charge in [0.05, 0.1) is 16.6 Å². The van der Waals surface area contributed by atoms with Crippen LogP contribution in [-0.2, 0) is 26.9 Å².